The zero-order valence-corrected chi connectivity index (χ0v) is 9.50. The molecular weight excluding hydrogens is 195 g/mol. The first-order chi connectivity index (χ1) is 5.16. The summed E-state index contributed by atoms with van der Waals surface area (Å²) < 4.78 is 21.7. The first-order valence-corrected chi connectivity index (χ1v) is 3.95. The molecule has 0 rings (SSSR count). The molecule has 0 heterocycles. The van der Waals surface area contributed by atoms with Gasteiger partial charge >= 0.3 is 46.9 Å². The molecule has 0 radical (unpaired) electrons. The Morgan fingerprint density at radius 3 is 2.67 bits per heavy atom. The van der Waals surface area contributed by atoms with Crippen LogP contribution in [0.25, 0.3) is 0 Å². The number of carbonyl (C=O) groups excluding carboxylic acids is 2. The molecule has 1 N–H and O–H groups in total. The average molecular weight is 204 g/mol. The standard InChI is InChI=1S/C5H8O5S.Na.H/c6-4-2-1-3-5(7)10-11(8)9;;/h4H,1-3H2,(H,8,9);;/q;+1;-1. The van der Waals surface area contributed by atoms with Crippen molar-refractivity contribution in [1.82, 2.24) is 0 Å². The normalized spacial score (nSPS) is 11.1. The van der Waals surface area contributed by atoms with Crippen LogP contribution in [-0.4, -0.2) is 21.0 Å². The van der Waals surface area contributed by atoms with Crippen LogP contribution in [0.3, 0.4) is 0 Å². The Kier molecular flexibility index (Phi) is 11.5. The van der Waals surface area contributed by atoms with Crippen molar-refractivity contribution in [2.75, 3.05) is 0 Å². The van der Waals surface area contributed by atoms with Gasteiger partial charge in [-0.05, 0) is 6.42 Å². The molecule has 7 heteroatoms. The number of aldehydes is 1. The van der Waals surface area contributed by atoms with E-state index in [1.807, 2.05) is 0 Å². The Labute approximate surface area is 96.1 Å². The Morgan fingerprint density at radius 1 is 1.67 bits per heavy atom. The van der Waals surface area contributed by atoms with Crippen molar-refractivity contribution in [3.8, 4) is 0 Å². The second kappa shape index (κ2) is 9.34. The van der Waals surface area contributed by atoms with Crippen molar-refractivity contribution in [2.45, 2.75) is 19.3 Å². The van der Waals surface area contributed by atoms with Crippen molar-refractivity contribution in [3.05, 3.63) is 0 Å². The van der Waals surface area contributed by atoms with Crippen molar-refractivity contribution in [2.24, 2.45) is 0 Å². The molecule has 0 aliphatic rings. The van der Waals surface area contributed by atoms with E-state index in [1.165, 1.54) is 0 Å². The van der Waals surface area contributed by atoms with E-state index in [-0.39, 0.29) is 43.8 Å². The van der Waals surface area contributed by atoms with Gasteiger partial charge in [-0.2, -0.15) is 4.21 Å². The van der Waals surface area contributed by atoms with Crippen LogP contribution < -0.4 is 29.6 Å². The smallest absolute Gasteiger partial charge is 1.00 e. The van der Waals surface area contributed by atoms with Crippen LogP contribution >= 0.6 is 0 Å². The fraction of sp³-hybridized carbons (Fsp3) is 0.600. The van der Waals surface area contributed by atoms with Gasteiger partial charge in [0, 0.05) is 12.8 Å². The SMILES string of the molecule is O=CCCCC(=O)OS(=O)O.[H-].[Na+]. The van der Waals surface area contributed by atoms with Gasteiger partial charge in [0.15, 0.2) is 0 Å². The number of unbranched alkanes of at least 4 members (excludes halogenated alkanes) is 1. The molecule has 0 amide bonds. The zero-order chi connectivity index (χ0) is 8.69. The topological polar surface area (TPSA) is 80.7 Å². The average Bonchev–Trinajstić information content (AvgIpc) is 1.86. The Bertz CT molecular complexity index is 176. The third kappa shape index (κ3) is 10.2. The van der Waals surface area contributed by atoms with E-state index in [0.717, 1.165) is 0 Å². The van der Waals surface area contributed by atoms with Crippen molar-refractivity contribution in [1.29, 1.82) is 0 Å². The number of hydrogen-bond acceptors (Lipinski definition) is 4. The number of carbonyl (C=O) groups is 2. The van der Waals surface area contributed by atoms with Crippen LogP contribution in [0.15, 0.2) is 0 Å². The number of rotatable bonds is 5. The van der Waals surface area contributed by atoms with Gasteiger partial charge < -0.3 is 10.4 Å². The van der Waals surface area contributed by atoms with E-state index in [1.54, 1.807) is 0 Å². The van der Waals surface area contributed by atoms with Crippen LogP contribution in [-0.2, 0) is 25.1 Å². The third-order valence-corrected chi connectivity index (χ3v) is 1.20. The monoisotopic (exact) mass is 204 g/mol. The molecule has 0 aromatic heterocycles. The fourth-order valence-corrected chi connectivity index (χ4v) is 0.693. The maximum atomic E-state index is 10.4. The Balaban J connectivity index is -0.000000500. The van der Waals surface area contributed by atoms with Crippen molar-refractivity contribution in [3.63, 3.8) is 0 Å². The molecule has 0 saturated heterocycles. The maximum absolute atomic E-state index is 10.4. The molecule has 0 aromatic carbocycles. The molecule has 1 atom stereocenters. The zero-order valence-electron chi connectivity index (χ0n) is 7.69. The van der Waals surface area contributed by atoms with Gasteiger partial charge in [0.2, 0.25) is 0 Å². The van der Waals surface area contributed by atoms with E-state index in [0.29, 0.717) is 12.7 Å². The Hall–Kier alpha value is 0.250. The second-order valence-electron chi connectivity index (χ2n) is 1.73. The summed E-state index contributed by atoms with van der Waals surface area (Å²) in [4.78, 5) is 20.2. The van der Waals surface area contributed by atoms with Gasteiger partial charge in [-0.15, -0.1) is 0 Å². The van der Waals surface area contributed by atoms with E-state index >= 15 is 0 Å². The van der Waals surface area contributed by atoms with Crippen LogP contribution in [0.1, 0.15) is 20.7 Å². The van der Waals surface area contributed by atoms with Crippen molar-refractivity contribution < 1.29 is 53.5 Å². The molecule has 1 unspecified atom stereocenters. The van der Waals surface area contributed by atoms with E-state index in [4.69, 9.17) is 4.55 Å². The third-order valence-electron chi connectivity index (χ3n) is 0.867. The van der Waals surface area contributed by atoms with E-state index in [2.05, 4.69) is 4.18 Å². The summed E-state index contributed by atoms with van der Waals surface area (Å²) in [7, 11) is 0. The molecule has 12 heavy (non-hydrogen) atoms. The molecule has 0 bridgehead atoms. The minimum absolute atomic E-state index is 0. The summed E-state index contributed by atoms with van der Waals surface area (Å²) in [5.74, 6) is -0.771. The molecule has 0 spiro atoms. The quantitative estimate of drug-likeness (QED) is 0.226. The van der Waals surface area contributed by atoms with Gasteiger partial charge in [0.25, 0.3) is 0 Å². The van der Waals surface area contributed by atoms with E-state index < -0.39 is 17.3 Å². The maximum Gasteiger partial charge on any atom is 1.00 e. The summed E-state index contributed by atoms with van der Waals surface area (Å²) in [5.41, 5.74) is 0. The van der Waals surface area contributed by atoms with Gasteiger partial charge in [-0.25, -0.2) is 0 Å². The summed E-state index contributed by atoms with van der Waals surface area (Å²) >= 11 is -2.54. The van der Waals surface area contributed by atoms with E-state index in [9.17, 15) is 13.8 Å². The molecular formula is C5H9NaO5S. The molecule has 0 aliphatic heterocycles. The van der Waals surface area contributed by atoms with Gasteiger partial charge in [-0.3, -0.25) is 9.35 Å². The summed E-state index contributed by atoms with van der Waals surface area (Å²) in [5, 5.41) is 0. The summed E-state index contributed by atoms with van der Waals surface area (Å²) in [6.45, 7) is 0. The fourth-order valence-electron chi connectivity index (χ4n) is 0.451. The molecule has 0 aromatic rings. The van der Waals surface area contributed by atoms with Crippen LogP contribution in [0, 0.1) is 0 Å². The molecule has 0 fully saturated rings. The largest absolute Gasteiger partial charge is 1.00 e. The van der Waals surface area contributed by atoms with Crippen molar-refractivity contribution >= 4 is 23.6 Å². The first-order valence-electron chi connectivity index (χ1n) is 2.92. The predicted molar refractivity (Wildman–Crippen MR) is 37.9 cm³/mol. The Morgan fingerprint density at radius 2 is 2.25 bits per heavy atom. The molecule has 0 saturated carbocycles. The second-order valence-corrected chi connectivity index (χ2v) is 2.33. The van der Waals surface area contributed by atoms with Gasteiger partial charge in [0.05, 0.1) is 0 Å². The number of hydrogen-bond donors (Lipinski definition) is 1. The summed E-state index contributed by atoms with van der Waals surface area (Å²) in [6, 6.07) is 0. The molecule has 66 valence electrons. The minimum atomic E-state index is -2.54. The molecule has 0 aliphatic carbocycles. The summed E-state index contributed by atoms with van der Waals surface area (Å²) in [6.07, 6.45) is 1.26. The van der Waals surface area contributed by atoms with Crippen LogP contribution in [0.5, 0.6) is 0 Å². The first kappa shape index (κ1) is 14.8. The minimum Gasteiger partial charge on any atom is -1.00 e. The van der Waals surface area contributed by atoms with Crippen LogP contribution in [0.2, 0.25) is 0 Å². The predicted octanol–water partition coefficient (Wildman–Crippen LogP) is -2.85. The van der Waals surface area contributed by atoms with Crippen LogP contribution in [0.4, 0.5) is 0 Å². The molecule has 5 nitrogen and oxygen atoms in total. The van der Waals surface area contributed by atoms with Gasteiger partial charge in [0.1, 0.15) is 6.29 Å². The van der Waals surface area contributed by atoms with Gasteiger partial charge in [-0.1, -0.05) is 0 Å².